The van der Waals surface area contributed by atoms with Crippen molar-refractivity contribution in [3.8, 4) is 5.69 Å². The van der Waals surface area contributed by atoms with E-state index in [1.165, 1.54) is 24.3 Å². The van der Waals surface area contributed by atoms with Crippen LogP contribution in [0.25, 0.3) is 5.69 Å². The summed E-state index contributed by atoms with van der Waals surface area (Å²) in [5.74, 6) is -3.42. The first-order valence-electron chi connectivity index (χ1n) is 7.86. The summed E-state index contributed by atoms with van der Waals surface area (Å²) in [5.41, 5.74) is 2.60. The Bertz CT molecular complexity index is 955. The van der Waals surface area contributed by atoms with E-state index >= 15 is 0 Å². The highest BCUT2D eigenvalue weighted by Crippen LogP contribution is 2.24. The van der Waals surface area contributed by atoms with E-state index in [1.54, 1.807) is 10.9 Å². The van der Waals surface area contributed by atoms with E-state index in [0.29, 0.717) is 5.69 Å². The van der Waals surface area contributed by atoms with Gasteiger partial charge >= 0.3 is 5.76 Å². The van der Waals surface area contributed by atoms with E-state index in [1.807, 2.05) is 43.5 Å². The molecule has 0 fully saturated rings. The molecule has 0 amide bonds. The molecule has 0 spiro atoms. The van der Waals surface area contributed by atoms with Gasteiger partial charge in [0.1, 0.15) is 0 Å². The van der Waals surface area contributed by atoms with E-state index in [4.69, 9.17) is 0 Å². The van der Waals surface area contributed by atoms with Crippen LogP contribution >= 0.6 is 0 Å². The van der Waals surface area contributed by atoms with Crippen LogP contribution in [-0.4, -0.2) is 24.0 Å². The SMILES string of the molecule is CC(Nc1ccc(S(=O)(=O)C(F)F)cc1)c1ccc(-n2cccn2)cc1. The molecule has 0 saturated carbocycles. The average Bonchev–Trinajstić information content (AvgIpc) is 3.17. The zero-order valence-electron chi connectivity index (χ0n) is 13.9. The molecule has 3 aromatic rings. The van der Waals surface area contributed by atoms with Gasteiger partial charge in [-0.1, -0.05) is 12.1 Å². The topological polar surface area (TPSA) is 64.0 Å². The number of aromatic nitrogens is 2. The van der Waals surface area contributed by atoms with Crippen LogP contribution < -0.4 is 5.32 Å². The van der Waals surface area contributed by atoms with Crippen molar-refractivity contribution in [2.45, 2.75) is 23.6 Å². The Kier molecular flexibility index (Phi) is 5.03. The Morgan fingerprint density at radius 3 is 2.23 bits per heavy atom. The highest BCUT2D eigenvalue weighted by molar-refractivity contribution is 7.91. The lowest BCUT2D eigenvalue weighted by Crippen LogP contribution is -2.11. The summed E-state index contributed by atoms with van der Waals surface area (Å²) in [6.45, 7) is 1.95. The normalized spacial score (nSPS) is 12.9. The van der Waals surface area contributed by atoms with Gasteiger partial charge in [-0.15, -0.1) is 0 Å². The predicted molar refractivity (Wildman–Crippen MR) is 95.2 cm³/mol. The second kappa shape index (κ2) is 7.25. The molecule has 5 nitrogen and oxygen atoms in total. The number of anilines is 1. The molecule has 136 valence electrons. The minimum atomic E-state index is -4.57. The van der Waals surface area contributed by atoms with Crippen LogP contribution in [0.3, 0.4) is 0 Å². The first kappa shape index (κ1) is 18.1. The summed E-state index contributed by atoms with van der Waals surface area (Å²) in [4.78, 5) is -0.394. The fourth-order valence-electron chi connectivity index (χ4n) is 2.51. The molecule has 1 N–H and O–H groups in total. The first-order chi connectivity index (χ1) is 12.4. The maximum absolute atomic E-state index is 12.6. The molecular formula is C18H17F2N3O2S. The number of halogens is 2. The molecule has 0 bridgehead atoms. The molecule has 0 aliphatic carbocycles. The number of nitrogens with zero attached hydrogens (tertiary/aromatic N) is 2. The second-order valence-corrected chi connectivity index (χ2v) is 7.66. The number of alkyl halides is 2. The molecule has 2 aromatic carbocycles. The third-order valence-corrected chi connectivity index (χ3v) is 5.36. The third kappa shape index (κ3) is 3.75. The average molecular weight is 377 g/mol. The minimum Gasteiger partial charge on any atom is -0.379 e. The fourth-order valence-corrected chi connectivity index (χ4v) is 3.24. The van der Waals surface area contributed by atoms with Gasteiger partial charge in [-0.2, -0.15) is 13.9 Å². The lowest BCUT2D eigenvalue weighted by molar-refractivity contribution is 0.234. The van der Waals surface area contributed by atoms with Crippen molar-refractivity contribution in [2.24, 2.45) is 0 Å². The summed E-state index contributed by atoms with van der Waals surface area (Å²) in [7, 11) is -4.57. The van der Waals surface area contributed by atoms with Gasteiger partial charge in [0, 0.05) is 24.1 Å². The summed E-state index contributed by atoms with van der Waals surface area (Å²) >= 11 is 0. The Morgan fingerprint density at radius 2 is 1.69 bits per heavy atom. The highest BCUT2D eigenvalue weighted by Gasteiger charge is 2.26. The van der Waals surface area contributed by atoms with Crippen LogP contribution in [0.2, 0.25) is 0 Å². The van der Waals surface area contributed by atoms with Crippen molar-refractivity contribution in [2.75, 3.05) is 5.32 Å². The summed E-state index contributed by atoms with van der Waals surface area (Å²) in [6, 6.07) is 14.9. The number of benzene rings is 2. The Morgan fingerprint density at radius 1 is 1.04 bits per heavy atom. The van der Waals surface area contributed by atoms with Crippen molar-refractivity contribution >= 4 is 15.5 Å². The van der Waals surface area contributed by atoms with Crippen molar-refractivity contribution < 1.29 is 17.2 Å². The number of nitrogens with one attached hydrogen (secondary N) is 1. The summed E-state index contributed by atoms with van der Waals surface area (Å²) in [5, 5.41) is 7.38. The van der Waals surface area contributed by atoms with Gasteiger partial charge in [-0.3, -0.25) is 0 Å². The zero-order valence-corrected chi connectivity index (χ0v) is 14.7. The molecule has 0 saturated heterocycles. The molecular weight excluding hydrogens is 360 g/mol. The van der Waals surface area contributed by atoms with Crippen molar-refractivity contribution in [3.63, 3.8) is 0 Å². The molecule has 0 aliphatic heterocycles. The maximum Gasteiger partial charge on any atom is 0.341 e. The van der Waals surface area contributed by atoms with Crippen LogP contribution in [0.5, 0.6) is 0 Å². The maximum atomic E-state index is 12.6. The molecule has 1 aromatic heterocycles. The smallest absolute Gasteiger partial charge is 0.341 e. The standard InChI is InChI=1S/C18H17F2N3O2S/c1-13(14-3-7-16(8-4-14)23-12-2-11-21-23)22-15-5-9-17(10-6-15)26(24,25)18(19)20/h2-13,18,22H,1H3. The van der Waals surface area contributed by atoms with Gasteiger partial charge < -0.3 is 5.32 Å². The van der Waals surface area contributed by atoms with E-state index in [0.717, 1.165) is 11.3 Å². The van der Waals surface area contributed by atoms with Crippen LogP contribution in [0.4, 0.5) is 14.5 Å². The molecule has 3 rings (SSSR count). The first-order valence-corrected chi connectivity index (χ1v) is 9.41. The lowest BCUT2D eigenvalue weighted by atomic mass is 10.1. The third-order valence-electron chi connectivity index (χ3n) is 3.96. The van der Waals surface area contributed by atoms with Gasteiger partial charge in [0.2, 0.25) is 9.84 Å². The monoisotopic (exact) mass is 377 g/mol. The summed E-state index contributed by atoms with van der Waals surface area (Å²) in [6.07, 6.45) is 3.56. The van der Waals surface area contributed by atoms with Crippen LogP contribution in [0.1, 0.15) is 18.5 Å². The predicted octanol–water partition coefficient (Wildman–Crippen LogP) is 4.04. The quantitative estimate of drug-likeness (QED) is 0.704. The van der Waals surface area contributed by atoms with Crippen LogP contribution in [0.15, 0.2) is 71.9 Å². The fraction of sp³-hybridized carbons (Fsp3) is 0.167. The van der Waals surface area contributed by atoms with E-state index in [9.17, 15) is 17.2 Å². The highest BCUT2D eigenvalue weighted by atomic mass is 32.2. The Labute approximate surface area is 150 Å². The Balaban J connectivity index is 1.71. The number of hydrogen-bond acceptors (Lipinski definition) is 4. The molecule has 0 radical (unpaired) electrons. The molecule has 1 unspecified atom stereocenters. The van der Waals surface area contributed by atoms with E-state index in [2.05, 4.69) is 10.4 Å². The van der Waals surface area contributed by atoms with E-state index in [-0.39, 0.29) is 6.04 Å². The zero-order chi connectivity index (χ0) is 18.7. The Hall–Kier alpha value is -2.74. The van der Waals surface area contributed by atoms with Gasteiger partial charge in [0.15, 0.2) is 0 Å². The van der Waals surface area contributed by atoms with Gasteiger partial charge in [-0.05, 0) is 55.0 Å². The van der Waals surface area contributed by atoms with Crippen molar-refractivity contribution in [3.05, 3.63) is 72.6 Å². The molecule has 8 heteroatoms. The van der Waals surface area contributed by atoms with Crippen molar-refractivity contribution in [1.82, 2.24) is 9.78 Å². The largest absolute Gasteiger partial charge is 0.379 e. The van der Waals surface area contributed by atoms with E-state index < -0.39 is 20.5 Å². The lowest BCUT2D eigenvalue weighted by Gasteiger charge is -2.16. The number of rotatable bonds is 6. The number of sulfone groups is 1. The van der Waals surface area contributed by atoms with Gasteiger partial charge in [-0.25, -0.2) is 13.1 Å². The minimum absolute atomic E-state index is 0.0563. The van der Waals surface area contributed by atoms with Crippen molar-refractivity contribution in [1.29, 1.82) is 0 Å². The molecule has 0 aliphatic rings. The van der Waals surface area contributed by atoms with Gasteiger partial charge in [0.05, 0.1) is 10.6 Å². The molecule has 1 atom stereocenters. The number of hydrogen-bond donors (Lipinski definition) is 1. The van der Waals surface area contributed by atoms with Crippen LogP contribution in [0, 0.1) is 0 Å². The summed E-state index contributed by atoms with van der Waals surface area (Å²) < 4.78 is 49.7. The second-order valence-electron chi connectivity index (χ2n) is 5.74. The molecule has 26 heavy (non-hydrogen) atoms. The molecule has 1 heterocycles. The van der Waals surface area contributed by atoms with Gasteiger partial charge in [0.25, 0.3) is 0 Å². The van der Waals surface area contributed by atoms with Crippen LogP contribution in [-0.2, 0) is 9.84 Å².